The average molecular weight is 313 g/mol. The standard InChI is InChI=1S/C12H11BrClN3/c1-2-6-17-7-5-15-12(17)16-9-3-4-11(14)10(13)8-9/h2-5,7-8H,1,6H2,(H,15,16). The molecule has 0 unspecified atom stereocenters. The molecule has 0 saturated carbocycles. The molecule has 0 amide bonds. The quantitative estimate of drug-likeness (QED) is 0.856. The monoisotopic (exact) mass is 311 g/mol. The second-order valence-corrected chi connectivity index (χ2v) is 4.71. The molecule has 88 valence electrons. The topological polar surface area (TPSA) is 29.9 Å². The van der Waals surface area contributed by atoms with Crippen LogP contribution in [0, 0.1) is 0 Å². The Balaban J connectivity index is 2.22. The van der Waals surface area contributed by atoms with Crippen molar-refractivity contribution < 1.29 is 0 Å². The van der Waals surface area contributed by atoms with Crippen molar-refractivity contribution in [3.63, 3.8) is 0 Å². The van der Waals surface area contributed by atoms with Crippen LogP contribution in [0.25, 0.3) is 0 Å². The lowest BCUT2D eigenvalue weighted by molar-refractivity contribution is 0.833. The summed E-state index contributed by atoms with van der Waals surface area (Å²) in [5.41, 5.74) is 0.929. The zero-order chi connectivity index (χ0) is 12.3. The highest BCUT2D eigenvalue weighted by atomic mass is 79.9. The molecule has 1 aromatic heterocycles. The lowest BCUT2D eigenvalue weighted by Crippen LogP contribution is -2.01. The number of anilines is 2. The third-order valence-electron chi connectivity index (χ3n) is 2.22. The zero-order valence-electron chi connectivity index (χ0n) is 9.03. The van der Waals surface area contributed by atoms with Gasteiger partial charge >= 0.3 is 0 Å². The zero-order valence-corrected chi connectivity index (χ0v) is 11.4. The van der Waals surface area contributed by atoms with Gasteiger partial charge in [-0.25, -0.2) is 4.98 Å². The molecule has 2 aromatic rings. The van der Waals surface area contributed by atoms with Crippen molar-refractivity contribution in [2.45, 2.75) is 6.54 Å². The molecule has 3 nitrogen and oxygen atoms in total. The molecule has 1 N–H and O–H groups in total. The van der Waals surface area contributed by atoms with Gasteiger partial charge in [-0.05, 0) is 34.1 Å². The van der Waals surface area contributed by atoms with Crippen LogP contribution in [0.3, 0.4) is 0 Å². The predicted molar refractivity (Wildman–Crippen MR) is 74.9 cm³/mol. The smallest absolute Gasteiger partial charge is 0.207 e. The van der Waals surface area contributed by atoms with Crippen molar-refractivity contribution in [2.75, 3.05) is 5.32 Å². The first-order chi connectivity index (χ1) is 8.20. The van der Waals surface area contributed by atoms with Crippen LogP contribution in [0.15, 0.2) is 47.7 Å². The van der Waals surface area contributed by atoms with Crippen molar-refractivity contribution in [2.24, 2.45) is 0 Å². The summed E-state index contributed by atoms with van der Waals surface area (Å²) < 4.78 is 2.82. The summed E-state index contributed by atoms with van der Waals surface area (Å²) in [5.74, 6) is 0.777. The molecule has 17 heavy (non-hydrogen) atoms. The molecule has 1 aromatic carbocycles. The van der Waals surface area contributed by atoms with E-state index < -0.39 is 0 Å². The van der Waals surface area contributed by atoms with E-state index >= 15 is 0 Å². The molecule has 2 rings (SSSR count). The lowest BCUT2D eigenvalue weighted by atomic mass is 10.3. The van der Waals surface area contributed by atoms with Gasteiger partial charge in [0.1, 0.15) is 0 Å². The van der Waals surface area contributed by atoms with E-state index in [0.717, 1.165) is 22.7 Å². The molecule has 0 bridgehead atoms. The fourth-order valence-corrected chi connectivity index (χ4v) is 1.92. The highest BCUT2D eigenvalue weighted by Crippen LogP contribution is 2.26. The number of aromatic nitrogens is 2. The first kappa shape index (κ1) is 12.2. The van der Waals surface area contributed by atoms with Gasteiger partial charge in [-0.1, -0.05) is 17.7 Å². The van der Waals surface area contributed by atoms with Crippen molar-refractivity contribution in [3.05, 3.63) is 52.7 Å². The minimum atomic E-state index is 0.685. The van der Waals surface area contributed by atoms with E-state index in [0.29, 0.717) is 5.02 Å². The number of rotatable bonds is 4. The Morgan fingerprint density at radius 2 is 2.35 bits per heavy atom. The summed E-state index contributed by atoms with van der Waals surface area (Å²) in [6, 6.07) is 5.64. The van der Waals surface area contributed by atoms with Gasteiger partial charge < -0.3 is 9.88 Å². The fraction of sp³-hybridized carbons (Fsp3) is 0.0833. The molecule has 0 aliphatic carbocycles. The maximum atomic E-state index is 5.93. The number of halogens is 2. The fourth-order valence-electron chi connectivity index (χ4n) is 1.42. The van der Waals surface area contributed by atoms with E-state index in [1.165, 1.54) is 0 Å². The van der Waals surface area contributed by atoms with Gasteiger partial charge in [-0.15, -0.1) is 6.58 Å². The normalized spacial score (nSPS) is 10.2. The van der Waals surface area contributed by atoms with Gasteiger partial charge in [0.2, 0.25) is 5.95 Å². The molecule has 0 atom stereocenters. The van der Waals surface area contributed by atoms with Gasteiger partial charge in [0, 0.05) is 29.1 Å². The molecule has 0 aliphatic rings. The van der Waals surface area contributed by atoms with Crippen LogP contribution < -0.4 is 5.32 Å². The first-order valence-corrected chi connectivity index (χ1v) is 6.22. The third kappa shape index (κ3) is 2.90. The van der Waals surface area contributed by atoms with Crippen LogP contribution in [-0.2, 0) is 6.54 Å². The van der Waals surface area contributed by atoms with Gasteiger partial charge in [0.05, 0.1) is 5.02 Å². The predicted octanol–water partition coefficient (Wildman–Crippen LogP) is 4.23. The van der Waals surface area contributed by atoms with E-state index in [1.807, 2.05) is 35.0 Å². The van der Waals surface area contributed by atoms with Gasteiger partial charge in [0.25, 0.3) is 0 Å². The number of nitrogens with one attached hydrogen (secondary N) is 1. The highest BCUT2D eigenvalue weighted by Gasteiger charge is 2.03. The number of allylic oxidation sites excluding steroid dienone is 1. The number of imidazole rings is 1. The maximum Gasteiger partial charge on any atom is 0.207 e. The lowest BCUT2D eigenvalue weighted by Gasteiger charge is -2.08. The van der Waals surface area contributed by atoms with Crippen LogP contribution in [0.2, 0.25) is 5.02 Å². The molecule has 0 saturated heterocycles. The number of hydrogen-bond acceptors (Lipinski definition) is 2. The second kappa shape index (κ2) is 5.38. The maximum absolute atomic E-state index is 5.93. The molecule has 0 fully saturated rings. The van der Waals surface area contributed by atoms with Crippen molar-refractivity contribution in [1.29, 1.82) is 0 Å². The SMILES string of the molecule is C=CCn1ccnc1Nc1ccc(Cl)c(Br)c1. The van der Waals surface area contributed by atoms with Crippen molar-refractivity contribution in [1.82, 2.24) is 9.55 Å². The summed E-state index contributed by atoms with van der Waals surface area (Å²) in [6.45, 7) is 4.43. The first-order valence-electron chi connectivity index (χ1n) is 5.05. The van der Waals surface area contributed by atoms with Crippen molar-refractivity contribution >= 4 is 39.2 Å². The van der Waals surface area contributed by atoms with Crippen LogP contribution in [0.4, 0.5) is 11.6 Å². The Bertz CT molecular complexity index is 536. The Labute approximate surface area is 113 Å². The number of hydrogen-bond donors (Lipinski definition) is 1. The highest BCUT2D eigenvalue weighted by molar-refractivity contribution is 9.10. The summed E-state index contributed by atoms with van der Waals surface area (Å²) in [6.07, 6.45) is 5.47. The summed E-state index contributed by atoms with van der Waals surface area (Å²) in [5, 5.41) is 3.91. The van der Waals surface area contributed by atoms with Crippen molar-refractivity contribution in [3.8, 4) is 0 Å². The van der Waals surface area contributed by atoms with E-state index in [1.54, 1.807) is 6.20 Å². The van der Waals surface area contributed by atoms with E-state index in [9.17, 15) is 0 Å². The molecule has 0 radical (unpaired) electrons. The molecule has 5 heteroatoms. The molecule has 0 spiro atoms. The minimum absolute atomic E-state index is 0.685. The summed E-state index contributed by atoms with van der Waals surface area (Å²) >= 11 is 9.32. The van der Waals surface area contributed by atoms with Gasteiger partial charge in [-0.3, -0.25) is 0 Å². The minimum Gasteiger partial charge on any atom is -0.326 e. The Morgan fingerprint density at radius 3 is 3.06 bits per heavy atom. The largest absolute Gasteiger partial charge is 0.326 e. The van der Waals surface area contributed by atoms with E-state index in [4.69, 9.17) is 11.6 Å². The van der Waals surface area contributed by atoms with Gasteiger partial charge in [-0.2, -0.15) is 0 Å². The molecule has 1 heterocycles. The Kier molecular flexibility index (Phi) is 3.86. The summed E-state index contributed by atoms with van der Waals surface area (Å²) in [7, 11) is 0. The molecular weight excluding hydrogens is 302 g/mol. The number of benzene rings is 1. The summed E-state index contributed by atoms with van der Waals surface area (Å²) in [4.78, 5) is 4.24. The van der Waals surface area contributed by atoms with E-state index in [-0.39, 0.29) is 0 Å². The van der Waals surface area contributed by atoms with Crippen LogP contribution >= 0.6 is 27.5 Å². The van der Waals surface area contributed by atoms with Crippen LogP contribution in [0.1, 0.15) is 0 Å². The number of nitrogens with zero attached hydrogens (tertiary/aromatic N) is 2. The van der Waals surface area contributed by atoms with Crippen LogP contribution in [0.5, 0.6) is 0 Å². The molecule has 0 aliphatic heterocycles. The van der Waals surface area contributed by atoms with E-state index in [2.05, 4.69) is 32.8 Å². The second-order valence-electron chi connectivity index (χ2n) is 3.45. The molecular formula is C12H11BrClN3. The average Bonchev–Trinajstić information content (AvgIpc) is 2.72. The van der Waals surface area contributed by atoms with Crippen LogP contribution in [-0.4, -0.2) is 9.55 Å². The Hall–Kier alpha value is -1.26. The third-order valence-corrected chi connectivity index (χ3v) is 3.43. The van der Waals surface area contributed by atoms with Gasteiger partial charge in [0.15, 0.2) is 0 Å². The Morgan fingerprint density at radius 1 is 1.53 bits per heavy atom.